The third-order valence-electron chi connectivity index (χ3n) is 7.04. The highest BCUT2D eigenvalue weighted by molar-refractivity contribution is 7.87. The summed E-state index contributed by atoms with van der Waals surface area (Å²) in [4.78, 5) is 0.196. The second-order valence-corrected chi connectivity index (χ2v) is 9.61. The van der Waals surface area contributed by atoms with Crippen LogP contribution in [0.4, 0.5) is 0 Å². The Balaban J connectivity index is 1.52. The highest BCUT2D eigenvalue weighted by atomic mass is 32.2. The fourth-order valence-electron chi connectivity index (χ4n) is 6.24. The van der Waals surface area contributed by atoms with Crippen LogP contribution in [0.25, 0.3) is 10.8 Å². The zero-order valence-electron chi connectivity index (χ0n) is 13.9. The summed E-state index contributed by atoms with van der Waals surface area (Å²) in [5, 5.41) is 1.56. The molecule has 5 heteroatoms. The third-order valence-corrected chi connectivity index (χ3v) is 8.47. The Morgan fingerprint density at radius 3 is 2.80 bits per heavy atom. The maximum atomic E-state index is 13.1. The number of rotatable bonds is 0. The van der Waals surface area contributed by atoms with Crippen molar-refractivity contribution >= 4 is 20.9 Å². The largest absolute Gasteiger partial charge is 0.459 e. The van der Waals surface area contributed by atoms with Crippen LogP contribution in [0.3, 0.4) is 0 Å². The van der Waals surface area contributed by atoms with Gasteiger partial charge in [0.25, 0.3) is 0 Å². The second kappa shape index (κ2) is 4.57. The molecule has 25 heavy (non-hydrogen) atoms. The quantitative estimate of drug-likeness (QED) is 0.667. The maximum absolute atomic E-state index is 13.1. The molecule has 1 heterocycles. The minimum Gasteiger partial charge on any atom is -0.459 e. The number of fused-ring (bicyclic) bond motifs is 9. The van der Waals surface area contributed by atoms with Crippen LogP contribution in [0.2, 0.25) is 0 Å². The molecule has 1 aliphatic heterocycles. The van der Waals surface area contributed by atoms with E-state index in [1.54, 1.807) is 6.07 Å². The van der Waals surface area contributed by atoms with Crippen molar-refractivity contribution < 1.29 is 17.3 Å². The lowest BCUT2D eigenvalue weighted by molar-refractivity contribution is -0.173. The minimum absolute atomic E-state index is 0.196. The fourth-order valence-corrected chi connectivity index (χ4v) is 7.73. The molecule has 0 amide bonds. The van der Waals surface area contributed by atoms with E-state index in [-0.39, 0.29) is 10.8 Å². The van der Waals surface area contributed by atoms with Crippen molar-refractivity contribution in [2.45, 2.75) is 42.8 Å². The molecule has 2 aromatic carbocycles. The van der Waals surface area contributed by atoms with E-state index in [1.165, 1.54) is 19.3 Å². The standard InChI is InChI=1S/C20H20O4S/c21-25(22)19-15-5-2-1-4-12(15)8-9-18(19)23-20(24-25)11-13-10-17(20)16-7-3-6-14(13)16/h1-2,4-5,8-9,13-14,16-17H,3,6-7,10-11H2. The summed E-state index contributed by atoms with van der Waals surface area (Å²) >= 11 is 0. The van der Waals surface area contributed by atoms with Gasteiger partial charge in [0.2, 0.25) is 5.79 Å². The van der Waals surface area contributed by atoms with Crippen molar-refractivity contribution in [3.8, 4) is 5.75 Å². The van der Waals surface area contributed by atoms with Gasteiger partial charge in [0.05, 0.1) is 0 Å². The van der Waals surface area contributed by atoms with Crippen LogP contribution in [0, 0.1) is 23.7 Å². The molecule has 2 aromatic rings. The molecule has 3 saturated carbocycles. The van der Waals surface area contributed by atoms with Crippen molar-refractivity contribution in [2.24, 2.45) is 23.7 Å². The van der Waals surface area contributed by atoms with Crippen LogP contribution in [0.15, 0.2) is 41.3 Å². The van der Waals surface area contributed by atoms with E-state index < -0.39 is 15.9 Å². The molecule has 5 unspecified atom stereocenters. The molecule has 2 bridgehead atoms. The first-order valence-corrected chi connectivity index (χ1v) is 10.6. The van der Waals surface area contributed by atoms with Gasteiger partial charge < -0.3 is 4.74 Å². The Labute approximate surface area is 147 Å². The lowest BCUT2D eigenvalue weighted by Crippen LogP contribution is -2.51. The minimum atomic E-state index is -3.84. The predicted molar refractivity (Wildman–Crippen MR) is 92.6 cm³/mol. The lowest BCUT2D eigenvalue weighted by atomic mass is 9.78. The van der Waals surface area contributed by atoms with Gasteiger partial charge in [-0.15, -0.1) is 0 Å². The summed E-state index contributed by atoms with van der Waals surface area (Å²) in [5.41, 5.74) is 0. The van der Waals surface area contributed by atoms with Gasteiger partial charge in [-0.2, -0.15) is 8.42 Å². The van der Waals surface area contributed by atoms with Gasteiger partial charge in [0.1, 0.15) is 10.6 Å². The molecular formula is C20H20O4S. The molecule has 0 saturated heterocycles. The average Bonchev–Trinajstić information content (AvgIpc) is 3.25. The van der Waals surface area contributed by atoms with E-state index in [4.69, 9.17) is 8.92 Å². The first-order valence-electron chi connectivity index (χ1n) is 9.24. The van der Waals surface area contributed by atoms with Crippen molar-refractivity contribution in [2.75, 3.05) is 0 Å². The van der Waals surface area contributed by atoms with E-state index in [2.05, 4.69) is 0 Å². The van der Waals surface area contributed by atoms with Crippen LogP contribution < -0.4 is 4.74 Å². The molecule has 3 aliphatic carbocycles. The zero-order valence-corrected chi connectivity index (χ0v) is 14.7. The molecule has 4 nitrogen and oxygen atoms in total. The van der Waals surface area contributed by atoms with Crippen LogP contribution >= 0.6 is 0 Å². The highest BCUT2D eigenvalue weighted by Gasteiger charge is 2.66. The molecule has 0 radical (unpaired) electrons. The Morgan fingerprint density at radius 1 is 1.04 bits per heavy atom. The summed E-state index contributed by atoms with van der Waals surface area (Å²) in [6.07, 6.45) is 5.49. The maximum Gasteiger partial charge on any atom is 0.304 e. The van der Waals surface area contributed by atoms with Crippen molar-refractivity contribution in [3.05, 3.63) is 36.4 Å². The Bertz CT molecular complexity index is 998. The molecule has 5 atom stereocenters. The van der Waals surface area contributed by atoms with Gasteiger partial charge in [-0.25, -0.2) is 4.18 Å². The number of ether oxygens (including phenoxy) is 1. The second-order valence-electron chi connectivity index (χ2n) is 8.13. The highest BCUT2D eigenvalue weighted by Crippen LogP contribution is 2.65. The first kappa shape index (κ1) is 14.6. The van der Waals surface area contributed by atoms with Gasteiger partial charge >= 0.3 is 10.1 Å². The summed E-state index contributed by atoms with van der Waals surface area (Å²) in [6, 6.07) is 11.2. The lowest BCUT2D eigenvalue weighted by Gasteiger charge is -2.44. The first-order chi connectivity index (χ1) is 12.1. The normalized spacial score (nSPS) is 40.2. The van der Waals surface area contributed by atoms with Crippen molar-refractivity contribution in [1.29, 1.82) is 0 Å². The van der Waals surface area contributed by atoms with E-state index in [0.29, 0.717) is 29.4 Å². The molecular weight excluding hydrogens is 336 g/mol. The monoisotopic (exact) mass is 356 g/mol. The van der Waals surface area contributed by atoms with Gasteiger partial charge in [0.15, 0.2) is 0 Å². The molecule has 130 valence electrons. The molecule has 0 N–H and O–H groups in total. The van der Waals surface area contributed by atoms with Gasteiger partial charge in [0, 0.05) is 17.7 Å². The third kappa shape index (κ3) is 1.78. The Hall–Kier alpha value is -1.59. The smallest absolute Gasteiger partial charge is 0.304 e. The summed E-state index contributed by atoms with van der Waals surface area (Å²) in [7, 11) is -3.84. The molecule has 4 aliphatic rings. The van der Waals surface area contributed by atoms with E-state index in [9.17, 15) is 8.42 Å². The molecule has 6 rings (SSSR count). The van der Waals surface area contributed by atoms with Crippen LogP contribution in [0.5, 0.6) is 5.75 Å². The van der Waals surface area contributed by atoms with E-state index in [0.717, 1.165) is 17.7 Å². The van der Waals surface area contributed by atoms with Crippen LogP contribution in [-0.2, 0) is 14.3 Å². The average molecular weight is 356 g/mol. The van der Waals surface area contributed by atoms with Crippen LogP contribution in [-0.4, -0.2) is 14.2 Å². The molecule has 1 spiro atoms. The zero-order chi connectivity index (χ0) is 16.8. The molecule has 0 aromatic heterocycles. The summed E-state index contributed by atoms with van der Waals surface area (Å²) < 4.78 is 38.4. The topological polar surface area (TPSA) is 52.6 Å². The Morgan fingerprint density at radius 2 is 1.88 bits per heavy atom. The molecule has 3 fully saturated rings. The number of benzene rings is 2. The van der Waals surface area contributed by atoms with Gasteiger partial charge in [-0.05, 0) is 48.5 Å². The SMILES string of the molecule is O=S1(=O)OC2(CC3CC2C2CCCC32)Oc2ccc3ccccc3c21. The number of hydrogen-bond donors (Lipinski definition) is 0. The summed E-state index contributed by atoms with van der Waals surface area (Å²) in [6.45, 7) is 0. The van der Waals surface area contributed by atoms with Crippen LogP contribution in [0.1, 0.15) is 32.1 Å². The van der Waals surface area contributed by atoms with Crippen molar-refractivity contribution in [3.63, 3.8) is 0 Å². The predicted octanol–water partition coefficient (Wildman–Crippen LogP) is 4.09. The van der Waals surface area contributed by atoms with Crippen molar-refractivity contribution in [1.82, 2.24) is 0 Å². The number of hydrogen-bond acceptors (Lipinski definition) is 4. The fraction of sp³-hybridized carbons (Fsp3) is 0.500. The van der Waals surface area contributed by atoms with Gasteiger partial charge in [-0.1, -0.05) is 36.8 Å². The Kier molecular flexibility index (Phi) is 2.66. The van der Waals surface area contributed by atoms with Gasteiger partial charge in [-0.3, -0.25) is 0 Å². The van der Waals surface area contributed by atoms with E-state index >= 15 is 0 Å². The summed E-state index contributed by atoms with van der Waals surface area (Å²) in [5.74, 6) is 1.57. The van der Waals surface area contributed by atoms with E-state index in [1.807, 2.05) is 30.3 Å².